The van der Waals surface area contributed by atoms with Gasteiger partial charge in [0.05, 0.1) is 24.5 Å². The van der Waals surface area contributed by atoms with E-state index in [-0.39, 0.29) is 4.88 Å². The fraction of sp³-hybridized carbons (Fsp3) is 0.111. The number of aromatic carboxylic acids is 1. The highest BCUT2D eigenvalue weighted by Crippen LogP contribution is 2.31. The van der Waals surface area contributed by atoms with Gasteiger partial charge in [-0.25, -0.2) is 9.48 Å². The molecule has 1 N–H and O–H groups in total. The highest BCUT2D eigenvalue weighted by molar-refractivity contribution is 7.16. The van der Waals surface area contributed by atoms with E-state index in [9.17, 15) is 4.79 Å². The summed E-state index contributed by atoms with van der Waals surface area (Å²) in [5.41, 5.74) is 0. The minimum Gasteiger partial charge on any atom is -0.495 e. The third kappa shape index (κ3) is 1.89. The minimum absolute atomic E-state index is 0.143. The van der Waals surface area contributed by atoms with Gasteiger partial charge in [-0.05, 0) is 0 Å². The van der Waals surface area contributed by atoms with Gasteiger partial charge in [0.2, 0.25) is 0 Å². The van der Waals surface area contributed by atoms with E-state index in [0.29, 0.717) is 15.8 Å². The van der Waals surface area contributed by atoms with Crippen LogP contribution in [-0.4, -0.2) is 28.0 Å². The molecule has 0 amide bonds. The number of hydrogen-bond donors (Lipinski definition) is 1. The van der Waals surface area contributed by atoms with E-state index in [1.165, 1.54) is 18.0 Å². The van der Waals surface area contributed by atoms with Crippen LogP contribution in [0.15, 0.2) is 18.5 Å². The Morgan fingerprint density at radius 1 is 1.69 bits per heavy atom. The van der Waals surface area contributed by atoms with Gasteiger partial charge in [0.25, 0.3) is 0 Å². The number of nitrogens with zero attached hydrogens (tertiary/aromatic N) is 2. The molecule has 2 aromatic rings. The quantitative estimate of drug-likeness (QED) is 0.917. The molecule has 0 saturated heterocycles. The standard InChI is InChI=1S/C9H7ClN2O3S/c1-15-6-2-7(16-8(6)9(13)14)12-4-5(10)3-11-12/h2-4H,1H3,(H,13,14). The van der Waals surface area contributed by atoms with Crippen LogP contribution < -0.4 is 4.74 Å². The van der Waals surface area contributed by atoms with Gasteiger partial charge < -0.3 is 9.84 Å². The molecule has 0 radical (unpaired) electrons. The van der Waals surface area contributed by atoms with E-state index in [0.717, 1.165) is 11.3 Å². The van der Waals surface area contributed by atoms with Gasteiger partial charge >= 0.3 is 5.97 Å². The molecule has 0 spiro atoms. The molecule has 16 heavy (non-hydrogen) atoms. The molecule has 2 rings (SSSR count). The molecule has 0 atom stereocenters. The summed E-state index contributed by atoms with van der Waals surface area (Å²) in [4.78, 5) is 11.0. The molecule has 0 aliphatic carbocycles. The van der Waals surface area contributed by atoms with Gasteiger partial charge in [0, 0.05) is 6.07 Å². The van der Waals surface area contributed by atoms with E-state index in [1.54, 1.807) is 12.3 Å². The molecule has 0 aliphatic rings. The van der Waals surface area contributed by atoms with E-state index in [1.807, 2.05) is 0 Å². The molecule has 0 aliphatic heterocycles. The summed E-state index contributed by atoms with van der Waals surface area (Å²) in [5.74, 6) is -0.703. The highest BCUT2D eigenvalue weighted by Gasteiger charge is 2.17. The first-order valence-electron chi connectivity index (χ1n) is 4.23. The maximum atomic E-state index is 10.9. The van der Waals surface area contributed by atoms with Crippen molar-refractivity contribution in [2.45, 2.75) is 0 Å². The Bertz CT molecular complexity index is 535. The number of halogens is 1. The van der Waals surface area contributed by atoms with Crippen molar-refractivity contribution in [1.29, 1.82) is 0 Å². The van der Waals surface area contributed by atoms with Crippen LogP contribution in [-0.2, 0) is 0 Å². The lowest BCUT2D eigenvalue weighted by molar-refractivity contribution is 0.0699. The number of aromatic nitrogens is 2. The van der Waals surface area contributed by atoms with Gasteiger partial charge in [-0.15, -0.1) is 11.3 Å². The third-order valence-electron chi connectivity index (χ3n) is 1.88. The van der Waals surface area contributed by atoms with Gasteiger partial charge in [-0.3, -0.25) is 0 Å². The molecule has 0 aromatic carbocycles. The number of carboxylic acid groups (broad SMARTS) is 1. The van der Waals surface area contributed by atoms with Gasteiger partial charge in [0.1, 0.15) is 10.8 Å². The molecule has 5 nitrogen and oxygen atoms in total. The Morgan fingerprint density at radius 3 is 2.88 bits per heavy atom. The number of carboxylic acids is 1. The van der Waals surface area contributed by atoms with Crippen LogP contribution in [0.3, 0.4) is 0 Å². The summed E-state index contributed by atoms with van der Waals surface area (Å²) < 4.78 is 6.47. The van der Waals surface area contributed by atoms with Crippen molar-refractivity contribution in [3.05, 3.63) is 28.4 Å². The zero-order valence-corrected chi connectivity index (χ0v) is 9.75. The SMILES string of the molecule is COc1cc(-n2cc(Cl)cn2)sc1C(=O)O. The van der Waals surface area contributed by atoms with Crippen LogP contribution in [0.4, 0.5) is 0 Å². The van der Waals surface area contributed by atoms with E-state index in [2.05, 4.69) is 5.10 Å². The smallest absolute Gasteiger partial charge is 0.349 e. The number of thiophene rings is 1. The summed E-state index contributed by atoms with van der Waals surface area (Å²) in [5, 5.41) is 14.0. The Labute approximate surface area is 99.8 Å². The predicted molar refractivity (Wildman–Crippen MR) is 60.0 cm³/mol. The van der Waals surface area contributed by atoms with Gasteiger partial charge in [0.15, 0.2) is 4.88 Å². The summed E-state index contributed by atoms with van der Waals surface area (Å²) in [6.45, 7) is 0. The van der Waals surface area contributed by atoms with Crippen molar-refractivity contribution >= 4 is 28.9 Å². The lowest BCUT2D eigenvalue weighted by Crippen LogP contribution is -1.94. The number of methoxy groups -OCH3 is 1. The second-order valence-electron chi connectivity index (χ2n) is 2.89. The van der Waals surface area contributed by atoms with Crippen LogP contribution in [0.2, 0.25) is 5.02 Å². The van der Waals surface area contributed by atoms with Crippen LogP contribution in [0.1, 0.15) is 9.67 Å². The molecular formula is C9H7ClN2O3S. The molecule has 7 heteroatoms. The first-order chi connectivity index (χ1) is 7.61. The first kappa shape index (κ1) is 11.0. The summed E-state index contributed by atoms with van der Waals surface area (Å²) in [6.07, 6.45) is 3.08. The minimum atomic E-state index is -1.02. The monoisotopic (exact) mass is 258 g/mol. The zero-order valence-electron chi connectivity index (χ0n) is 8.18. The molecule has 0 fully saturated rings. The fourth-order valence-corrected chi connectivity index (χ4v) is 2.23. The van der Waals surface area contributed by atoms with Crippen LogP contribution in [0, 0.1) is 0 Å². The van der Waals surface area contributed by atoms with Crippen LogP contribution in [0.25, 0.3) is 5.00 Å². The number of rotatable bonds is 3. The van der Waals surface area contributed by atoms with Gasteiger partial charge in [-0.1, -0.05) is 11.6 Å². The Kier molecular flexibility index (Phi) is 2.84. The normalized spacial score (nSPS) is 10.4. The van der Waals surface area contributed by atoms with Gasteiger partial charge in [-0.2, -0.15) is 5.10 Å². The molecule has 0 bridgehead atoms. The zero-order chi connectivity index (χ0) is 11.7. The van der Waals surface area contributed by atoms with E-state index in [4.69, 9.17) is 21.4 Å². The largest absolute Gasteiger partial charge is 0.495 e. The topological polar surface area (TPSA) is 64.4 Å². The lowest BCUT2D eigenvalue weighted by Gasteiger charge is -1.94. The van der Waals surface area contributed by atoms with Crippen molar-refractivity contribution in [3.63, 3.8) is 0 Å². The maximum Gasteiger partial charge on any atom is 0.349 e. The van der Waals surface area contributed by atoms with Crippen molar-refractivity contribution in [2.75, 3.05) is 7.11 Å². The number of ether oxygens (including phenoxy) is 1. The number of hydrogen-bond acceptors (Lipinski definition) is 4. The summed E-state index contributed by atoms with van der Waals surface area (Å²) >= 11 is 6.80. The first-order valence-corrected chi connectivity index (χ1v) is 5.43. The molecule has 2 heterocycles. The number of carbonyl (C=O) groups is 1. The van der Waals surface area contributed by atoms with E-state index < -0.39 is 5.97 Å². The Balaban J connectivity index is 2.47. The Hall–Kier alpha value is -1.53. The van der Waals surface area contributed by atoms with Crippen molar-refractivity contribution in [1.82, 2.24) is 9.78 Å². The second-order valence-corrected chi connectivity index (χ2v) is 4.36. The molecule has 2 aromatic heterocycles. The van der Waals surface area contributed by atoms with Crippen molar-refractivity contribution in [3.8, 4) is 10.8 Å². The maximum absolute atomic E-state index is 10.9. The fourth-order valence-electron chi connectivity index (χ4n) is 1.20. The van der Waals surface area contributed by atoms with Crippen LogP contribution in [0.5, 0.6) is 5.75 Å². The third-order valence-corrected chi connectivity index (χ3v) is 3.17. The molecule has 84 valence electrons. The summed E-state index contributed by atoms with van der Waals surface area (Å²) in [7, 11) is 1.42. The van der Waals surface area contributed by atoms with E-state index >= 15 is 0 Å². The van der Waals surface area contributed by atoms with Crippen molar-refractivity contribution in [2.24, 2.45) is 0 Å². The predicted octanol–water partition coefficient (Wildman–Crippen LogP) is 2.29. The molecular weight excluding hydrogens is 252 g/mol. The van der Waals surface area contributed by atoms with Crippen molar-refractivity contribution < 1.29 is 14.6 Å². The average Bonchev–Trinajstić information content (AvgIpc) is 2.82. The Morgan fingerprint density at radius 2 is 2.44 bits per heavy atom. The lowest BCUT2D eigenvalue weighted by atomic mass is 10.4. The highest BCUT2D eigenvalue weighted by atomic mass is 35.5. The molecule has 0 saturated carbocycles. The second kappa shape index (κ2) is 4.15. The summed E-state index contributed by atoms with van der Waals surface area (Å²) in [6, 6.07) is 1.61. The average molecular weight is 259 g/mol. The van der Waals surface area contributed by atoms with Crippen LogP contribution >= 0.6 is 22.9 Å². The molecule has 0 unspecified atom stereocenters.